The van der Waals surface area contributed by atoms with Crippen LogP contribution < -0.4 is 0 Å². The topological polar surface area (TPSA) is 134 Å². The van der Waals surface area contributed by atoms with Gasteiger partial charge in [0.2, 0.25) is 6.29 Å². The van der Waals surface area contributed by atoms with Gasteiger partial charge in [-0.15, -0.1) is 0 Å². The normalized spacial score (nSPS) is 28.8. The molecule has 26 heavy (non-hydrogen) atoms. The number of aliphatic hydroxyl groups excluding tert-OH is 3. The van der Waals surface area contributed by atoms with Crippen LogP contribution in [0.3, 0.4) is 0 Å². The first kappa shape index (κ1) is 20.3. The van der Waals surface area contributed by atoms with E-state index in [1.807, 2.05) is 12.1 Å². The van der Waals surface area contributed by atoms with Crippen LogP contribution in [0.1, 0.15) is 25.0 Å². The Morgan fingerprint density at radius 1 is 1.04 bits per heavy atom. The summed E-state index contributed by atoms with van der Waals surface area (Å²) in [5.74, 6) is -1.77. The molecule has 1 heterocycles. The molecule has 1 aromatic carbocycles. The molecule has 0 spiro atoms. The molecule has 1 aliphatic rings. The van der Waals surface area contributed by atoms with E-state index in [1.54, 1.807) is 12.1 Å². The third-order valence-electron chi connectivity index (χ3n) is 4.08. The minimum absolute atomic E-state index is 0.106. The number of aliphatic hydroxyl groups is 3. The van der Waals surface area contributed by atoms with Crippen molar-refractivity contribution in [2.75, 3.05) is 0 Å². The predicted molar refractivity (Wildman–Crippen MR) is 89.1 cm³/mol. The molecule has 0 amide bonds. The van der Waals surface area contributed by atoms with Gasteiger partial charge in [-0.05, 0) is 23.5 Å². The Morgan fingerprint density at radius 2 is 1.62 bits per heavy atom. The van der Waals surface area contributed by atoms with Crippen LogP contribution in [0.5, 0.6) is 0 Å². The SMILES string of the molecule is CC(C)Cc1ccc(CC(=O)O[C@H]2OC(C(=O)O)[C@@H](O)[C@H](O)[C@H]2O)cc1. The van der Waals surface area contributed by atoms with Crippen LogP contribution in [0.15, 0.2) is 24.3 Å². The summed E-state index contributed by atoms with van der Waals surface area (Å²) in [6.07, 6.45) is -8.06. The fraction of sp³-hybridized carbons (Fsp3) is 0.556. The number of carboxylic acids is 1. The summed E-state index contributed by atoms with van der Waals surface area (Å²) < 4.78 is 9.87. The van der Waals surface area contributed by atoms with E-state index in [0.717, 1.165) is 12.0 Å². The van der Waals surface area contributed by atoms with Gasteiger partial charge in [-0.3, -0.25) is 4.79 Å². The van der Waals surface area contributed by atoms with Crippen LogP contribution in [0.25, 0.3) is 0 Å². The Morgan fingerprint density at radius 3 is 2.15 bits per heavy atom. The quantitative estimate of drug-likeness (QED) is 0.510. The van der Waals surface area contributed by atoms with Crippen molar-refractivity contribution in [1.82, 2.24) is 0 Å². The highest BCUT2D eigenvalue weighted by Crippen LogP contribution is 2.23. The third kappa shape index (κ3) is 5.01. The number of carbonyl (C=O) groups excluding carboxylic acids is 1. The molecule has 0 bridgehead atoms. The van der Waals surface area contributed by atoms with Crippen LogP contribution >= 0.6 is 0 Å². The first-order chi connectivity index (χ1) is 12.2. The van der Waals surface area contributed by atoms with Crippen molar-refractivity contribution >= 4 is 11.9 Å². The fourth-order valence-electron chi connectivity index (χ4n) is 2.75. The van der Waals surface area contributed by atoms with Gasteiger partial charge in [0.25, 0.3) is 0 Å². The van der Waals surface area contributed by atoms with E-state index >= 15 is 0 Å². The Balaban J connectivity index is 1.96. The van der Waals surface area contributed by atoms with Crippen LogP contribution in [0.4, 0.5) is 0 Å². The smallest absolute Gasteiger partial charge is 0.335 e. The van der Waals surface area contributed by atoms with Crippen LogP contribution in [0.2, 0.25) is 0 Å². The van der Waals surface area contributed by atoms with E-state index in [1.165, 1.54) is 0 Å². The molecule has 5 atom stereocenters. The van der Waals surface area contributed by atoms with E-state index < -0.39 is 42.6 Å². The van der Waals surface area contributed by atoms with Crippen LogP contribution in [-0.2, 0) is 31.9 Å². The van der Waals surface area contributed by atoms with Crippen molar-refractivity contribution in [2.45, 2.75) is 57.4 Å². The zero-order valence-corrected chi connectivity index (χ0v) is 14.6. The van der Waals surface area contributed by atoms with Crippen LogP contribution in [0, 0.1) is 5.92 Å². The molecule has 1 aliphatic heterocycles. The highest BCUT2D eigenvalue weighted by molar-refractivity contribution is 5.74. The zero-order chi connectivity index (χ0) is 19.4. The maximum absolute atomic E-state index is 12.0. The number of ether oxygens (including phenoxy) is 2. The Kier molecular flexibility index (Phi) is 6.71. The molecule has 2 rings (SSSR count). The number of hydrogen-bond donors (Lipinski definition) is 4. The molecule has 1 fully saturated rings. The molecule has 1 saturated heterocycles. The summed E-state index contributed by atoms with van der Waals surface area (Å²) in [7, 11) is 0. The average Bonchev–Trinajstić information content (AvgIpc) is 2.56. The largest absolute Gasteiger partial charge is 0.479 e. The van der Waals surface area contributed by atoms with Crippen molar-refractivity contribution < 1.29 is 39.5 Å². The minimum Gasteiger partial charge on any atom is -0.479 e. The number of rotatable bonds is 6. The molecule has 0 radical (unpaired) electrons. The van der Waals surface area contributed by atoms with Crippen molar-refractivity contribution in [1.29, 1.82) is 0 Å². The summed E-state index contributed by atoms with van der Waals surface area (Å²) >= 11 is 0. The molecule has 8 heteroatoms. The van der Waals surface area contributed by atoms with Crippen molar-refractivity contribution in [3.8, 4) is 0 Å². The number of benzene rings is 1. The van der Waals surface area contributed by atoms with Gasteiger partial charge in [0.15, 0.2) is 6.10 Å². The van der Waals surface area contributed by atoms with Crippen molar-refractivity contribution in [2.24, 2.45) is 5.92 Å². The Bertz CT molecular complexity index is 627. The van der Waals surface area contributed by atoms with Gasteiger partial charge in [0.1, 0.15) is 18.3 Å². The van der Waals surface area contributed by atoms with Gasteiger partial charge in [0.05, 0.1) is 6.42 Å². The molecule has 0 aliphatic carbocycles. The lowest BCUT2D eigenvalue weighted by Crippen LogP contribution is -2.60. The van der Waals surface area contributed by atoms with E-state index in [4.69, 9.17) is 14.6 Å². The maximum Gasteiger partial charge on any atom is 0.335 e. The van der Waals surface area contributed by atoms with Gasteiger partial charge in [0, 0.05) is 0 Å². The first-order valence-electron chi connectivity index (χ1n) is 8.38. The first-order valence-corrected chi connectivity index (χ1v) is 8.38. The van der Waals surface area contributed by atoms with Gasteiger partial charge in [-0.25, -0.2) is 4.79 Å². The number of hydrogen-bond acceptors (Lipinski definition) is 7. The monoisotopic (exact) mass is 368 g/mol. The molecule has 0 aromatic heterocycles. The fourth-order valence-corrected chi connectivity index (χ4v) is 2.75. The standard InChI is InChI=1S/C18H24O8/c1-9(2)7-10-3-5-11(6-4-10)8-12(19)25-18-15(22)13(20)14(21)16(26-18)17(23)24/h3-6,9,13-16,18,20-22H,7-8H2,1-2H3,(H,23,24)/t13-,14-,15+,16?,18-/m0/s1. The summed E-state index contributed by atoms with van der Waals surface area (Å²) in [6.45, 7) is 4.22. The average molecular weight is 368 g/mol. The summed E-state index contributed by atoms with van der Waals surface area (Å²) in [5.41, 5.74) is 1.83. The number of carboxylic acid groups (broad SMARTS) is 1. The Hall–Kier alpha value is -2.00. The minimum atomic E-state index is -1.83. The maximum atomic E-state index is 12.0. The molecular weight excluding hydrogens is 344 g/mol. The molecule has 1 unspecified atom stereocenters. The molecule has 8 nitrogen and oxygen atoms in total. The summed E-state index contributed by atoms with van der Waals surface area (Å²) in [5, 5.41) is 38.1. The molecule has 4 N–H and O–H groups in total. The van der Waals surface area contributed by atoms with Gasteiger partial charge in [-0.2, -0.15) is 0 Å². The highest BCUT2D eigenvalue weighted by atomic mass is 16.7. The summed E-state index contributed by atoms with van der Waals surface area (Å²) in [4.78, 5) is 23.1. The third-order valence-corrected chi connectivity index (χ3v) is 4.08. The lowest BCUT2D eigenvalue weighted by Gasteiger charge is -2.37. The molecular formula is C18H24O8. The second kappa shape index (κ2) is 8.59. The van der Waals surface area contributed by atoms with E-state index in [0.29, 0.717) is 11.5 Å². The zero-order valence-electron chi connectivity index (χ0n) is 14.6. The number of esters is 1. The second-order valence-electron chi connectivity index (χ2n) is 6.82. The Labute approximate surface area is 151 Å². The highest BCUT2D eigenvalue weighted by Gasteiger charge is 2.48. The molecule has 144 valence electrons. The van der Waals surface area contributed by atoms with E-state index in [9.17, 15) is 24.9 Å². The van der Waals surface area contributed by atoms with E-state index in [2.05, 4.69) is 13.8 Å². The van der Waals surface area contributed by atoms with Gasteiger partial charge in [-0.1, -0.05) is 38.1 Å². The van der Waals surface area contributed by atoms with Crippen LogP contribution in [-0.4, -0.2) is 63.1 Å². The van der Waals surface area contributed by atoms with Crippen molar-refractivity contribution in [3.05, 3.63) is 35.4 Å². The lowest BCUT2D eigenvalue weighted by atomic mass is 9.99. The number of carbonyl (C=O) groups is 2. The van der Waals surface area contributed by atoms with E-state index in [-0.39, 0.29) is 6.42 Å². The van der Waals surface area contributed by atoms with Gasteiger partial charge >= 0.3 is 11.9 Å². The molecule has 0 saturated carbocycles. The summed E-state index contributed by atoms with van der Waals surface area (Å²) in [6, 6.07) is 7.40. The lowest BCUT2D eigenvalue weighted by molar-refractivity contribution is -0.286. The predicted octanol–water partition coefficient (Wildman–Crippen LogP) is -0.137. The molecule has 1 aromatic rings. The number of aliphatic carboxylic acids is 1. The van der Waals surface area contributed by atoms with Crippen molar-refractivity contribution in [3.63, 3.8) is 0 Å². The second-order valence-corrected chi connectivity index (χ2v) is 6.82. The van der Waals surface area contributed by atoms with Gasteiger partial charge < -0.3 is 29.9 Å².